The number of rotatable bonds is 4. The number of aromatic nitrogens is 2. The topological polar surface area (TPSA) is 90.0 Å². The number of hydrogen-bond donors (Lipinski definition) is 4. The molecular weight excluding hydrogens is 196 g/mol. The lowest BCUT2D eigenvalue weighted by Gasteiger charge is -2.17. The summed E-state index contributed by atoms with van der Waals surface area (Å²) in [6, 6.07) is 1.19. The zero-order valence-corrected chi connectivity index (χ0v) is 8.23. The number of carboxylic acids is 1. The summed E-state index contributed by atoms with van der Waals surface area (Å²) < 4.78 is 0. The number of hydrogen-bond acceptors (Lipinski definition) is 4. The third-order valence-corrected chi connectivity index (χ3v) is 2.54. The lowest BCUT2D eigenvalue weighted by atomic mass is 10.1. The molecule has 0 bridgehead atoms. The molecule has 6 heteroatoms. The molecule has 0 amide bonds. The predicted molar refractivity (Wildman–Crippen MR) is 53.4 cm³/mol. The van der Waals surface area contributed by atoms with Crippen LogP contribution in [0.1, 0.15) is 18.2 Å². The Labute approximate surface area is 87.1 Å². The van der Waals surface area contributed by atoms with Crippen LogP contribution < -0.4 is 10.6 Å². The Morgan fingerprint density at radius 2 is 2.60 bits per heavy atom. The van der Waals surface area contributed by atoms with E-state index >= 15 is 0 Å². The number of H-pyrrole nitrogens is 1. The number of carbonyl (C=O) groups is 1. The monoisotopic (exact) mass is 210 g/mol. The van der Waals surface area contributed by atoms with Crippen molar-refractivity contribution >= 4 is 5.97 Å². The Bertz CT molecular complexity index is 319. The van der Waals surface area contributed by atoms with Crippen molar-refractivity contribution in [2.24, 2.45) is 0 Å². The molecule has 6 nitrogen and oxygen atoms in total. The van der Waals surface area contributed by atoms with Crippen LogP contribution in [-0.4, -0.2) is 40.4 Å². The molecule has 1 saturated heterocycles. The number of aliphatic carboxylic acids is 1. The third kappa shape index (κ3) is 2.34. The van der Waals surface area contributed by atoms with Crippen LogP contribution in [0.2, 0.25) is 0 Å². The third-order valence-electron chi connectivity index (χ3n) is 2.54. The Morgan fingerprint density at radius 3 is 3.13 bits per heavy atom. The van der Waals surface area contributed by atoms with E-state index in [0.717, 1.165) is 19.5 Å². The quantitative estimate of drug-likeness (QED) is 0.537. The standard InChI is InChI=1S/C9H14N4O2/c14-9(15)8(7-2-4-11-13-7)12-6-1-3-10-5-6/h2,4,6,8,10,12H,1,3,5H2,(H,11,13)(H,14,15). The van der Waals surface area contributed by atoms with Gasteiger partial charge in [0.15, 0.2) is 0 Å². The van der Waals surface area contributed by atoms with E-state index in [9.17, 15) is 4.79 Å². The first-order valence-corrected chi connectivity index (χ1v) is 4.96. The second-order valence-corrected chi connectivity index (χ2v) is 3.64. The van der Waals surface area contributed by atoms with Gasteiger partial charge in [-0.25, -0.2) is 0 Å². The Kier molecular flexibility index (Phi) is 2.98. The molecule has 1 aromatic heterocycles. The van der Waals surface area contributed by atoms with Crippen molar-refractivity contribution in [3.8, 4) is 0 Å². The first-order valence-electron chi connectivity index (χ1n) is 4.96. The molecule has 0 aliphatic carbocycles. The average molecular weight is 210 g/mol. The van der Waals surface area contributed by atoms with E-state index in [1.165, 1.54) is 0 Å². The normalized spacial score (nSPS) is 22.8. The van der Waals surface area contributed by atoms with Gasteiger partial charge in [-0.2, -0.15) is 5.10 Å². The van der Waals surface area contributed by atoms with Crippen molar-refractivity contribution in [3.05, 3.63) is 18.0 Å². The van der Waals surface area contributed by atoms with Gasteiger partial charge < -0.3 is 10.4 Å². The molecule has 0 spiro atoms. The van der Waals surface area contributed by atoms with Crippen LogP contribution in [0.4, 0.5) is 0 Å². The maximum atomic E-state index is 11.1. The summed E-state index contributed by atoms with van der Waals surface area (Å²) in [5, 5.41) is 21.8. The highest BCUT2D eigenvalue weighted by Crippen LogP contribution is 2.12. The van der Waals surface area contributed by atoms with Gasteiger partial charge in [-0.15, -0.1) is 0 Å². The minimum absolute atomic E-state index is 0.217. The molecule has 15 heavy (non-hydrogen) atoms. The number of carboxylic acid groups (broad SMARTS) is 1. The summed E-state index contributed by atoms with van der Waals surface area (Å²) in [5.41, 5.74) is 0.592. The van der Waals surface area contributed by atoms with E-state index in [0.29, 0.717) is 5.69 Å². The molecule has 0 saturated carbocycles. The van der Waals surface area contributed by atoms with Gasteiger partial charge in [0.2, 0.25) is 0 Å². The molecule has 1 aliphatic rings. The lowest BCUT2D eigenvalue weighted by molar-refractivity contribution is -0.140. The van der Waals surface area contributed by atoms with Gasteiger partial charge in [-0.3, -0.25) is 15.2 Å². The van der Waals surface area contributed by atoms with Gasteiger partial charge in [0.05, 0.1) is 5.69 Å². The van der Waals surface area contributed by atoms with Crippen molar-refractivity contribution in [2.45, 2.75) is 18.5 Å². The van der Waals surface area contributed by atoms with E-state index in [2.05, 4.69) is 20.8 Å². The fourth-order valence-corrected chi connectivity index (χ4v) is 1.75. The highest BCUT2D eigenvalue weighted by atomic mass is 16.4. The van der Waals surface area contributed by atoms with Crippen LogP contribution in [0, 0.1) is 0 Å². The lowest BCUT2D eigenvalue weighted by Crippen LogP contribution is -2.38. The highest BCUT2D eigenvalue weighted by molar-refractivity contribution is 5.74. The number of aromatic amines is 1. The molecule has 2 unspecified atom stereocenters. The first-order chi connectivity index (χ1) is 7.27. The van der Waals surface area contributed by atoms with Gasteiger partial charge in [0, 0.05) is 18.8 Å². The second-order valence-electron chi connectivity index (χ2n) is 3.64. The zero-order valence-electron chi connectivity index (χ0n) is 8.23. The van der Waals surface area contributed by atoms with Gasteiger partial charge in [-0.05, 0) is 19.0 Å². The molecule has 2 atom stereocenters. The molecule has 4 N–H and O–H groups in total. The fourth-order valence-electron chi connectivity index (χ4n) is 1.75. The second kappa shape index (κ2) is 4.41. The smallest absolute Gasteiger partial charge is 0.326 e. The van der Waals surface area contributed by atoms with E-state index in [-0.39, 0.29) is 6.04 Å². The molecule has 1 fully saturated rings. The van der Waals surface area contributed by atoms with Crippen molar-refractivity contribution in [3.63, 3.8) is 0 Å². The van der Waals surface area contributed by atoms with Gasteiger partial charge in [-0.1, -0.05) is 0 Å². The minimum atomic E-state index is -0.883. The molecule has 0 aromatic carbocycles. The fraction of sp³-hybridized carbons (Fsp3) is 0.556. The zero-order chi connectivity index (χ0) is 10.7. The van der Waals surface area contributed by atoms with E-state index in [1.807, 2.05) is 0 Å². The van der Waals surface area contributed by atoms with Crippen LogP contribution >= 0.6 is 0 Å². The Hall–Kier alpha value is -1.40. The van der Waals surface area contributed by atoms with Crippen LogP contribution in [0.25, 0.3) is 0 Å². The van der Waals surface area contributed by atoms with Crippen molar-refractivity contribution < 1.29 is 9.90 Å². The molecule has 2 rings (SSSR count). The Morgan fingerprint density at radius 1 is 1.73 bits per heavy atom. The summed E-state index contributed by atoms with van der Waals surface area (Å²) in [5.74, 6) is -0.883. The summed E-state index contributed by atoms with van der Waals surface area (Å²) in [6.45, 7) is 1.75. The minimum Gasteiger partial charge on any atom is -0.480 e. The van der Waals surface area contributed by atoms with Crippen LogP contribution in [0.5, 0.6) is 0 Å². The maximum absolute atomic E-state index is 11.1. The van der Waals surface area contributed by atoms with E-state index in [4.69, 9.17) is 5.11 Å². The predicted octanol–water partition coefficient (Wildman–Crippen LogP) is -0.513. The first kappa shape index (κ1) is 10.1. The molecule has 82 valence electrons. The van der Waals surface area contributed by atoms with Gasteiger partial charge in [0.1, 0.15) is 6.04 Å². The van der Waals surface area contributed by atoms with Gasteiger partial charge in [0.25, 0.3) is 0 Å². The Balaban J connectivity index is 2.03. The maximum Gasteiger partial charge on any atom is 0.326 e. The van der Waals surface area contributed by atoms with E-state index < -0.39 is 12.0 Å². The number of nitrogens with one attached hydrogen (secondary N) is 3. The van der Waals surface area contributed by atoms with E-state index in [1.54, 1.807) is 12.3 Å². The van der Waals surface area contributed by atoms with Crippen LogP contribution in [0.3, 0.4) is 0 Å². The number of nitrogens with zero attached hydrogens (tertiary/aromatic N) is 1. The van der Waals surface area contributed by atoms with Crippen LogP contribution in [0.15, 0.2) is 12.3 Å². The van der Waals surface area contributed by atoms with Gasteiger partial charge >= 0.3 is 5.97 Å². The summed E-state index contributed by atoms with van der Waals surface area (Å²) in [6.07, 6.45) is 2.51. The summed E-state index contributed by atoms with van der Waals surface area (Å²) in [7, 11) is 0. The highest BCUT2D eigenvalue weighted by Gasteiger charge is 2.25. The van der Waals surface area contributed by atoms with Crippen molar-refractivity contribution in [2.75, 3.05) is 13.1 Å². The molecular formula is C9H14N4O2. The van der Waals surface area contributed by atoms with Crippen LogP contribution in [-0.2, 0) is 4.79 Å². The van der Waals surface area contributed by atoms with Crippen molar-refractivity contribution in [1.29, 1.82) is 0 Å². The molecule has 1 aliphatic heterocycles. The summed E-state index contributed by atoms with van der Waals surface area (Å²) in [4.78, 5) is 11.1. The molecule has 2 heterocycles. The average Bonchev–Trinajstić information content (AvgIpc) is 2.87. The summed E-state index contributed by atoms with van der Waals surface area (Å²) >= 11 is 0. The van der Waals surface area contributed by atoms with Crippen molar-refractivity contribution in [1.82, 2.24) is 20.8 Å². The largest absolute Gasteiger partial charge is 0.480 e. The SMILES string of the molecule is O=C(O)C(NC1CCNC1)c1ccn[nH]1. The molecule has 0 radical (unpaired) electrons. The molecule has 1 aromatic rings.